The minimum atomic E-state index is -0.608. The molecule has 3 heterocycles. The Morgan fingerprint density at radius 1 is 1.00 bits per heavy atom. The number of para-hydroxylation sites is 1. The van der Waals surface area contributed by atoms with Crippen LogP contribution in [0.3, 0.4) is 0 Å². The third-order valence-corrected chi connectivity index (χ3v) is 7.92. The zero-order valence-corrected chi connectivity index (χ0v) is 22.5. The number of benzene rings is 3. The van der Waals surface area contributed by atoms with Crippen molar-refractivity contribution in [3.8, 4) is 0 Å². The molecule has 0 radical (unpaired) electrons. The Balaban J connectivity index is 1.52. The zero-order valence-electron chi connectivity index (χ0n) is 21.7. The average molecular weight is 534 g/mol. The number of aromatic nitrogens is 2. The highest BCUT2D eigenvalue weighted by Crippen LogP contribution is 2.30. The summed E-state index contributed by atoms with van der Waals surface area (Å²) >= 11 is 1.34. The topological polar surface area (TPSA) is 65.6 Å². The Kier molecular flexibility index (Phi) is 6.59. The largest absolute Gasteiger partial charge is 0.463 e. The molecule has 6 rings (SSSR count). The molecule has 1 aliphatic heterocycles. The number of nitrogens with zero attached hydrogens (tertiary/aromatic N) is 3. The van der Waals surface area contributed by atoms with Gasteiger partial charge in [-0.25, -0.2) is 9.79 Å². The van der Waals surface area contributed by atoms with E-state index in [9.17, 15) is 9.59 Å². The minimum absolute atomic E-state index is 0.179. The standard InChI is InChI=1S/C32H27N3O3S/c1-3-38-31(37)28-21(2)33-32-35(29(28)23-14-8-5-9-15-23)30(36)27(39-32)18-24-20-34(19-22-12-6-4-7-13-22)26-17-11-10-16-25(24)26/h4-18,20,29H,3,19H2,1-2H3. The quantitative estimate of drug-likeness (QED) is 0.295. The number of esters is 1. The number of thiazole rings is 1. The molecule has 3 aromatic carbocycles. The molecule has 1 aliphatic rings. The normalized spacial score (nSPS) is 15.3. The van der Waals surface area contributed by atoms with Crippen molar-refractivity contribution in [3.63, 3.8) is 0 Å². The number of allylic oxidation sites excluding steroid dienone is 1. The maximum absolute atomic E-state index is 14.0. The highest BCUT2D eigenvalue weighted by molar-refractivity contribution is 7.07. The Morgan fingerprint density at radius 2 is 1.69 bits per heavy atom. The first-order chi connectivity index (χ1) is 19.0. The highest BCUT2D eigenvalue weighted by atomic mass is 32.1. The molecule has 0 amide bonds. The third kappa shape index (κ3) is 4.55. The predicted octanol–water partition coefficient (Wildman–Crippen LogP) is 4.80. The van der Waals surface area contributed by atoms with Gasteiger partial charge >= 0.3 is 5.97 Å². The van der Waals surface area contributed by atoms with Crippen LogP contribution in [0.25, 0.3) is 17.0 Å². The second kappa shape index (κ2) is 10.3. The van der Waals surface area contributed by atoms with E-state index in [1.54, 1.807) is 18.4 Å². The van der Waals surface area contributed by atoms with E-state index < -0.39 is 12.0 Å². The van der Waals surface area contributed by atoms with Gasteiger partial charge < -0.3 is 9.30 Å². The summed E-state index contributed by atoms with van der Waals surface area (Å²) in [5.74, 6) is -0.453. The summed E-state index contributed by atoms with van der Waals surface area (Å²) in [5, 5.41) is 1.07. The van der Waals surface area contributed by atoms with E-state index in [2.05, 4.69) is 40.0 Å². The molecule has 1 atom stereocenters. The molecule has 0 saturated carbocycles. The van der Waals surface area contributed by atoms with Gasteiger partial charge in [0.05, 0.1) is 28.5 Å². The molecule has 5 aromatic rings. The fourth-order valence-corrected chi connectivity index (χ4v) is 6.22. The van der Waals surface area contributed by atoms with E-state index in [4.69, 9.17) is 4.74 Å². The maximum atomic E-state index is 14.0. The molecule has 1 unspecified atom stereocenters. The molecule has 0 bridgehead atoms. The van der Waals surface area contributed by atoms with Gasteiger partial charge in [-0.05, 0) is 37.1 Å². The van der Waals surface area contributed by atoms with Crippen LogP contribution in [-0.4, -0.2) is 21.7 Å². The lowest BCUT2D eigenvalue weighted by Gasteiger charge is -2.24. The van der Waals surface area contributed by atoms with Crippen molar-refractivity contribution in [1.82, 2.24) is 9.13 Å². The van der Waals surface area contributed by atoms with Gasteiger partial charge in [0.25, 0.3) is 5.56 Å². The number of carbonyl (C=O) groups excluding carboxylic acids is 1. The molecular weight excluding hydrogens is 506 g/mol. The highest BCUT2D eigenvalue weighted by Gasteiger charge is 2.33. The second-order valence-corrected chi connectivity index (χ2v) is 10.4. The third-order valence-electron chi connectivity index (χ3n) is 6.93. The van der Waals surface area contributed by atoms with Gasteiger partial charge in [-0.2, -0.15) is 0 Å². The Hall–Kier alpha value is -4.49. The van der Waals surface area contributed by atoms with E-state index in [1.807, 2.05) is 66.7 Å². The number of fused-ring (bicyclic) bond motifs is 2. The van der Waals surface area contributed by atoms with Gasteiger partial charge in [0, 0.05) is 29.2 Å². The van der Waals surface area contributed by atoms with Crippen molar-refractivity contribution in [1.29, 1.82) is 0 Å². The van der Waals surface area contributed by atoms with E-state index in [0.29, 0.717) is 20.6 Å². The number of hydrogen-bond acceptors (Lipinski definition) is 5. The number of hydrogen-bond donors (Lipinski definition) is 0. The zero-order chi connectivity index (χ0) is 26.9. The van der Waals surface area contributed by atoms with Gasteiger partial charge in [0.1, 0.15) is 0 Å². The van der Waals surface area contributed by atoms with Crippen molar-refractivity contribution in [3.05, 3.63) is 139 Å². The number of rotatable bonds is 6. The lowest BCUT2D eigenvalue weighted by atomic mass is 9.96. The second-order valence-electron chi connectivity index (χ2n) is 9.43. The van der Waals surface area contributed by atoms with Crippen molar-refractivity contribution in [2.24, 2.45) is 4.99 Å². The predicted molar refractivity (Wildman–Crippen MR) is 154 cm³/mol. The molecular formula is C32H27N3O3S. The lowest BCUT2D eigenvalue weighted by Crippen LogP contribution is -2.39. The van der Waals surface area contributed by atoms with E-state index in [0.717, 1.165) is 28.6 Å². The molecule has 7 heteroatoms. The summed E-state index contributed by atoms with van der Waals surface area (Å²) in [6.45, 7) is 4.55. The lowest BCUT2D eigenvalue weighted by molar-refractivity contribution is -0.139. The first kappa shape index (κ1) is 24.8. The Bertz CT molecular complexity index is 1900. The summed E-state index contributed by atoms with van der Waals surface area (Å²) in [6.07, 6.45) is 4.04. The van der Waals surface area contributed by atoms with E-state index in [1.165, 1.54) is 16.9 Å². The molecule has 0 aliphatic carbocycles. The van der Waals surface area contributed by atoms with E-state index >= 15 is 0 Å². The van der Waals surface area contributed by atoms with Crippen LogP contribution >= 0.6 is 11.3 Å². The summed E-state index contributed by atoms with van der Waals surface area (Å²) in [6, 6.07) is 27.5. The van der Waals surface area contributed by atoms with Crippen molar-refractivity contribution >= 4 is 34.3 Å². The molecule has 0 N–H and O–H groups in total. The monoisotopic (exact) mass is 533 g/mol. The van der Waals surface area contributed by atoms with Gasteiger partial charge in [-0.1, -0.05) is 90.2 Å². The summed E-state index contributed by atoms with van der Waals surface area (Å²) < 4.78 is 9.79. The maximum Gasteiger partial charge on any atom is 0.338 e. The average Bonchev–Trinajstić information content (AvgIpc) is 3.45. The smallest absolute Gasteiger partial charge is 0.338 e. The minimum Gasteiger partial charge on any atom is -0.463 e. The molecule has 0 fully saturated rings. The molecule has 0 spiro atoms. The first-order valence-electron chi connectivity index (χ1n) is 12.9. The van der Waals surface area contributed by atoms with Crippen LogP contribution in [0.1, 0.15) is 36.6 Å². The van der Waals surface area contributed by atoms with E-state index in [-0.39, 0.29) is 12.2 Å². The molecule has 194 valence electrons. The van der Waals surface area contributed by atoms with Crippen LogP contribution in [0.5, 0.6) is 0 Å². The molecule has 6 nitrogen and oxygen atoms in total. The Labute approximate surface area is 229 Å². The van der Waals surface area contributed by atoms with Crippen LogP contribution < -0.4 is 14.9 Å². The Morgan fingerprint density at radius 3 is 2.44 bits per heavy atom. The molecule has 0 saturated heterocycles. The van der Waals surface area contributed by atoms with Crippen LogP contribution in [0.15, 0.2) is 112 Å². The van der Waals surface area contributed by atoms with Crippen LogP contribution in [0.4, 0.5) is 0 Å². The van der Waals surface area contributed by atoms with Crippen LogP contribution in [-0.2, 0) is 16.1 Å². The fourth-order valence-electron chi connectivity index (χ4n) is 5.18. The molecule has 2 aromatic heterocycles. The number of carbonyl (C=O) groups is 1. The van der Waals surface area contributed by atoms with Gasteiger partial charge in [-0.15, -0.1) is 0 Å². The van der Waals surface area contributed by atoms with Crippen LogP contribution in [0, 0.1) is 0 Å². The van der Waals surface area contributed by atoms with Crippen molar-refractivity contribution in [2.75, 3.05) is 6.61 Å². The SMILES string of the molecule is CCOC(=O)C1=C(C)N=c2sc(=Cc3cn(Cc4ccccc4)c4ccccc34)c(=O)n2C1c1ccccc1. The van der Waals surface area contributed by atoms with Gasteiger partial charge in [0.2, 0.25) is 0 Å². The van der Waals surface area contributed by atoms with Crippen molar-refractivity contribution in [2.45, 2.75) is 26.4 Å². The van der Waals surface area contributed by atoms with Crippen molar-refractivity contribution < 1.29 is 9.53 Å². The number of ether oxygens (including phenoxy) is 1. The van der Waals surface area contributed by atoms with Crippen LogP contribution in [0.2, 0.25) is 0 Å². The summed E-state index contributed by atoms with van der Waals surface area (Å²) in [5.41, 5.74) is 4.88. The molecule has 39 heavy (non-hydrogen) atoms. The van der Waals surface area contributed by atoms with Gasteiger partial charge in [-0.3, -0.25) is 9.36 Å². The first-order valence-corrected chi connectivity index (χ1v) is 13.7. The summed E-state index contributed by atoms with van der Waals surface area (Å²) in [4.78, 5) is 32.3. The fraction of sp³-hybridized carbons (Fsp3) is 0.156. The van der Waals surface area contributed by atoms with Gasteiger partial charge in [0.15, 0.2) is 4.80 Å². The summed E-state index contributed by atoms with van der Waals surface area (Å²) in [7, 11) is 0.